The van der Waals surface area contributed by atoms with Crippen LogP contribution in [0.25, 0.3) is 0 Å². The van der Waals surface area contributed by atoms with E-state index in [0.717, 1.165) is 12.8 Å². The molecule has 2 atom stereocenters. The van der Waals surface area contributed by atoms with Crippen LogP contribution in [0.1, 0.15) is 26.2 Å². The Kier molecular flexibility index (Phi) is 5.72. The van der Waals surface area contributed by atoms with Gasteiger partial charge in [0.15, 0.2) is 9.84 Å². The third-order valence-corrected chi connectivity index (χ3v) is 5.03. The SMILES string of the molecule is CCOCCCC(CO)C1CCS(=O)(=O)C1. The summed E-state index contributed by atoms with van der Waals surface area (Å²) in [5.41, 5.74) is 0. The van der Waals surface area contributed by atoms with E-state index >= 15 is 0 Å². The molecule has 0 aromatic rings. The van der Waals surface area contributed by atoms with Crippen molar-refractivity contribution in [3.8, 4) is 0 Å². The second-order valence-corrected chi connectivity index (χ2v) is 6.67. The van der Waals surface area contributed by atoms with Crippen LogP contribution in [-0.4, -0.2) is 44.9 Å². The first-order chi connectivity index (χ1) is 7.59. The molecule has 96 valence electrons. The molecule has 1 N–H and O–H groups in total. The van der Waals surface area contributed by atoms with Gasteiger partial charge in [-0.15, -0.1) is 0 Å². The average Bonchev–Trinajstić information content (AvgIpc) is 2.59. The lowest BCUT2D eigenvalue weighted by molar-refractivity contribution is 0.122. The fraction of sp³-hybridized carbons (Fsp3) is 1.00. The Balaban J connectivity index is 2.31. The average molecular weight is 250 g/mol. The molecule has 0 amide bonds. The lowest BCUT2D eigenvalue weighted by atomic mass is 9.89. The van der Waals surface area contributed by atoms with Gasteiger partial charge in [0.1, 0.15) is 0 Å². The Morgan fingerprint density at radius 1 is 1.50 bits per heavy atom. The van der Waals surface area contributed by atoms with Crippen LogP contribution in [0.15, 0.2) is 0 Å². The number of aliphatic hydroxyl groups excluding tert-OH is 1. The Morgan fingerprint density at radius 2 is 2.25 bits per heavy atom. The molecule has 0 radical (unpaired) electrons. The highest BCUT2D eigenvalue weighted by Crippen LogP contribution is 2.28. The summed E-state index contributed by atoms with van der Waals surface area (Å²) in [6.45, 7) is 3.45. The molecule has 1 aliphatic heterocycles. The number of ether oxygens (including phenoxy) is 1. The van der Waals surface area contributed by atoms with E-state index in [4.69, 9.17) is 4.74 Å². The van der Waals surface area contributed by atoms with E-state index in [0.29, 0.717) is 25.4 Å². The standard InChI is InChI=1S/C11H22O4S/c1-2-15-6-3-4-10(8-12)11-5-7-16(13,14)9-11/h10-12H,2-9H2,1H3. The maximum Gasteiger partial charge on any atom is 0.150 e. The van der Waals surface area contributed by atoms with Crippen molar-refractivity contribution in [1.82, 2.24) is 0 Å². The van der Waals surface area contributed by atoms with E-state index in [-0.39, 0.29) is 24.2 Å². The van der Waals surface area contributed by atoms with Crippen LogP contribution in [0.2, 0.25) is 0 Å². The summed E-state index contributed by atoms with van der Waals surface area (Å²) in [6, 6.07) is 0. The van der Waals surface area contributed by atoms with Gasteiger partial charge in [-0.25, -0.2) is 8.42 Å². The molecule has 0 aromatic carbocycles. The van der Waals surface area contributed by atoms with Crippen molar-refractivity contribution in [1.29, 1.82) is 0 Å². The van der Waals surface area contributed by atoms with Gasteiger partial charge in [-0.2, -0.15) is 0 Å². The van der Waals surface area contributed by atoms with E-state index in [1.54, 1.807) is 0 Å². The zero-order chi connectivity index (χ0) is 12.0. The molecule has 2 unspecified atom stereocenters. The molecular weight excluding hydrogens is 228 g/mol. The fourth-order valence-corrected chi connectivity index (χ4v) is 4.18. The van der Waals surface area contributed by atoms with E-state index in [1.165, 1.54) is 0 Å². The molecule has 1 heterocycles. The van der Waals surface area contributed by atoms with Crippen molar-refractivity contribution in [2.24, 2.45) is 11.8 Å². The molecule has 5 heteroatoms. The summed E-state index contributed by atoms with van der Waals surface area (Å²) in [5.74, 6) is 0.821. The van der Waals surface area contributed by atoms with Gasteiger partial charge in [-0.1, -0.05) is 0 Å². The van der Waals surface area contributed by atoms with Crippen molar-refractivity contribution in [3.05, 3.63) is 0 Å². The third kappa shape index (κ3) is 4.39. The molecule has 0 bridgehead atoms. The van der Waals surface area contributed by atoms with Crippen LogP contribution in [0.4, 0.5) is 0 Å². The highest BCUT2D eigenvalue weighted by Gasteiger charge is 2.32. The monoisotopic (exact) mass is 250 g/mol. The molecule has 0 saturated carbocycles. The summed E-state index contributed by atoms with van der Waals surface area (Å²) in [6.07, 6.45) is 2.47. The number of aliphatic hydroxyl groups is 1. The first-order valence-corrected chi connectivity index (χ1v) is 7.80. The maximum atomic E-state index is 11.3. The van der Waals surface area contributed by atoms with Gasteiger partial charge in [0.05, 0.1) is 11.5 Å². The smallest absolute Gasteiger partial charge is 0.150 e. The predicted octanol–water partition coefficient (Wildman–Crippen LogP) is 0.846. The van der Waals surface area contributed by atoms with Crippen LogP contribution in [0.5, 0.6) is 0 Å². The van der Waals surface area contributed by atoms with Gasteiger partial charge in [-0.3, -0.25) is 0 Å². The minimum Gasteiger partial charge on any atom is -0.396 e. The first kappa shape index (κ1) is 13.9. The lowest BCUT2D eigenvalue weighted by Crippen LogP contribution is -2.20. The Morgan fingerprint density at radius 3 is 2.75 bits per heavy atom. The maximum absolute atomic E-state index is 11.3. The van der Waals surface area contributed by atoms with Crippen LogP contribution in [0.3, 0.4) is 0 Å². The third-order valence-electron chi connectivity index (χ3n) is 3.24. The highest BCUT2D eigenvalue weighted by molar-refractivity contribution is 7.91. The number of sulfone groups is 1. The summed E-state index contributed by atoms with van der Waals surface area (Å²) < 4.78 is 27.9. The van der Waals surface area contributed by atoms with Crippen molar-refractivity contribution < 1.29 is 18.3 Å². The quantitative estimate of drug-likeness (QED) is 0.680. The Bertz CT molecular complexity index is 286. The largest absolute Gasteiger partial charge is 0.396 e. The first-order valence-electron chi connectivity index (χ1n) is 5.98. The van der Waals surface area contributed by atoms with E-state index in [2.05, 4.69) is 0 Å². The van der Waals surface area contributed by atoms with Gasteiger partial charge < -0.3 is 9.84 Å². The molecule has 1 saturated heterocycles. The van der Waals surface area contributed by atoms with Gasteiger partial charge in [0, 0.05) is 19.8 Å². The summed E-state index contributed by atoms with van der Waals surface area (Å²) in [4.78, 5) is 0. The zero-order valence-electron chi connectivity index (χ0n) is 9.89. The molecule has 16 heavy (non-hydrogen) atoms. The summed E-state index contributed by atoms with van der Waals surface area (Å²) in [5, 5.41) is 9.28. The van der Waals surface area contributed by atoms with Crippen molar-refractivity contribution in [3.63, 3.8) is 0 Å². The van der Waals surface area contributed by atoms with Crippen LogP contribution < -0.4 is 0 Å². The van der Waals surface area contributed by atoms with Gasteiger partial charge in [0.2, 0.25) is 0 Å². The molecule has 1 rings (SSSR count). The zero-order valence-corrected chi connectivity index (χ0v) is 10.7. The lowest BCUT2D eigenvalue weighted by Gasteiger charge is -2.19. The van der Waals surface area contributed by atoms with Crippen LogP contribution in [0, 0.1) is 11.8 Å². The van der Waals surface area contributed by atoms with Crippen LogP contribution in [-0.2, 0) is 14.6 Å². The van der Waals surface area contributed by atoms with Crippen molar-refractivity contribution in [2.75, 3.05) is 31.3 Å². The van der Waals surface area contributed by atoms with E-state index in [1.807, 2.05) is 6.92 Å². The highest BCUT2D eigenvalue weighted by atomic mass is 32.2. The van der Waals surface area contributed by atoms with Crippen molar-refractivity contribution in [2.45, 2.75) is 26.2 Å². The molecule has 1 fully saturated rings. The normalized spacial score (nSPS) is 25.8. The predicted molar refractivity (Wildman–Crippen MR) is 63.1 cm³/mol. The van der Waals surface area contributed by atoms with Gasteiger partial charge in [-0.05, 0) is 38.0 Å². The topological polar surface area (TPSA) is 63.6 Å². The second kappa shape index (κ2) is 6.57. The molecule has 4 nitrogen and oxygen atoms in total. The Labute approximate surface area is 97.9 Å². The minimum atomic E-state index is -2.83. The Hall–Kier alpha value is -0.130. The molecular formula is C11H22O4S. The molecule has 0 aromatic heterocycles. The summed E-state index contributed by atoms with van der Waals surface area (Å²) in [7, 11) is -2.83. The van der Waals surface area contributed by atoms with E-state index < -0.39 is 9.84 Å². The van der Waals surface area contributed by atoms with Gasteiger partial charge >= 0.3 is 0 Å². The van der Waals surface area contributed by atoms with Crippen LogP contribution >= 0.6 is 0 Å². The number of hydrogen-bond acceptors (Lipinski definition) is 4. The molecule has 0 aliphatic carbocycles. The molecule has 0 spiro atoms. The number of hydrogen-bond donors (Lipinski definition) is 1. The summed E-state index contributed by atoms with van der Waals surface area (Å²) >= 11 is 0. The second-order valence-electron chi connectivity index (χ2n) is 4.44. The molecule has 1 aliphatic rings. The van der Waals surface area contributed by atoms with Crippen molar-refractivity contribution >= 4 is 9.84 Å². The van der Waals surface area contributed by atoms with E-state index in [9.17, 15) is 13.5 Å². The fourth-order valence-electron chi connectivity index (χ4n) is 2.26. The minimum absolute atomic E-state index is 0.0896. The van der Waals surface area contributed by atoms with Gasteiger partial charge in [0.25, 0.3) is 0 Å². The number of rotatable bonds is 7.